The number of nitrogens with one attached hydrogen (secondary N) is 2. The predicted octanol–water partition coefficient (Wildman–Crippen LogP) is 3.05. The third-order valence-corrected chi connectivity index (χ3v) is 5.40. The molecule has 0 bridgehead atoms. The number of ether oxygens (including phenoxy) is 1. The van der Waals surface area contributed by atoms with Crippen LogP contribution in [0.25, 0.3) is 0 Å². The van der Waals surface area contributed by atoms with Crippen LogP contribution in [0.15, 0.2) is 59.1 Å². The Kier molecular flexibility index (Phi) is 6.26. The molecule has 1 aliphatic heterocycles. The number of urea groups is 1. The predicted molar refractivity (Wildman–Crippen MR) is 105 cm³/mol. The van der Waals surface area contributed by atoms with E-state index in [4.69, 9.17) is 4.74 Å². The number of rotatable bonds is 7. The standard InChI is InChI=1S/C20H23N3O3S/c1-3-23(12-14-8-5-4-6-9-14)13-15-17(19(24)26-2)18(22-20(25)21-15)16-10-7-11-27-16/h4-11,18H,3,12-13H2,1-2H3,(H2,21,22,25)/t18-/m0/s1. The van der Waals surface area contributed by atoms with Crippen LogP contribution in [-0.4, -0.2) is 37.1 Å². The van der Waals surface area contributed by atoms with Gasteiger partial charge < -0.3 is 15.4 Å². The van der Waals surface area contributed by atoms with Crippen LogP contribution in [0.4, 0.5) is 4.79 Å². The van der Waals surface area contributed by atoms with Crippen LogP contribution in [0.3, 0.4) is 0 Å². The van der Waals surface area contributed by atoms with E-state index in [-0.39, 0.29) is 6.03 Å². The Morgan fingerprint density at radius 1 is 1.19 bits per heavy atom. The molecule has 142 valence electrons. The smallest absolute Gasteiger partial charge is 0.338 e. The van der Waals surface area contributed by atoms with Gasteiger partial charge in [0.1, 0.15) is 0 Å². The van der Waals surface area contributed by atoms with Gasteiger partial charge in [0.15, 0.2) is 0 Å². The lowest BCUT2D eigenvalue weighted by Gasteiger charge is -2.31. The number of methoxy groups -OCH3 is 1. The molecule has 2 N–H and O–H groups in total. The number of likely N-dealkylation sites (N-methyl/N-ethyl adjacent to an activating group) is 1. The number of carbonyl (C=O) groups excluding carboxylic acids is 2. The average Bonchev–Trinajstić information content (AvgIpc) is 3.22. The number of nitrogens with zero attached hydrogens (tertiary/aromatic N) is 1. The molecule has 6 nitrogen and oxygen atoms in total. The lowest BCUT2D eigenvalue weighted by atomic mass is 10.0. The van der Waals surface area contributed by atoms with E-state index in [1.165, 1.54) is 24.0 Å². The van der Waals surface area contributed by atoms with Gasteiger partial charge >= 0.3 is 12.0 Å². The summed E-state index contributed by atoms with van der Waals surface area (Å²) in [6, 6.07) is 13.1. The molecule has 0 spiro atoms. The van der Waals surface area contributed by atoms with Crippen LogP contribution in [0.2, 0.25) is 0 Å². The van der Waals surface area contributed by atoms with E-state index in [1.54, 1.807) is 0 Å². The highest BCUT2D eigenvalue weighted by Crippen LogP contribution is 2.30. The van der Waals surface area contributed by atoms with Crippen LogP contribution in [0, 0.1) is 0 Å². The summed E-state index contributed by atoms with van der Waals surface area (Å²) in [5.74, 6) is -0.438. The van der Waals surface area contributed by atoms with Gasteiger partial charge in [-0.3, -0.25) is 4.90 Å². The maximum Gasteiger partial charge on any atom is 0.338 e. The molecule has 1 aromatic heterocycles. The molecule has 0 saturated heterocycles. The minimum absolute atomic E-state index is 0.313. The highest BCUT2D eigenvalue weighted by Gasteiger charge is 2.34. The summed E-state index contributed by atoms with van der Waals surface area (Å²) in [6.07, 6.45) is 0. The molecule has 0 aliphatic carbocycles. The second-order valence-corrected chi connectivity index (χ2v) is 7.20. The SMILES string of the molecule is CCN(CC1=C(C(=O)OC)[C@H](c2cccs2)NC(=O)N1)Cc1ccccc1. The Hall–Kier alpha value is -2.64. The zero-order valence-electron chi connectivity index (χ0n) is 15.4. The Balaban J connectivity index is 1.92. The number of hydrogen-bond donors (Lipinski definition) is 2. The molecule has 2 heterocycles. The molecule has 1 aromatic carbocycles. The fraction of sp³-hybridized carbons (Fsp3) is 0.300. The highest BCUT2D eigenvalue weighted by molar-refractivity contribution is 7.10. The summed E-state index contributed by atoms with van der Waals surface area (Å²) < 4.78 is 5.01. The molecule has 27 heavy (non-hydrogen) atoms. The van der Waals surface area contributed by atoms with Crippen molar-refractivity contribution in [1.82, 2.24) is 15.5 Å². The van der Waals surface area contributed by atoms with E-state index in [0.29, 0.717) is 17.8 Å². The van der Waals surface area contributed by atoms with Crippen LogP contribution >= 0.6 is 11.3 Å². The van der Waals surface area contributed by atoms with Gasteiger partial charge in [0, 0.05) is 23.7 Å². The Bertz CT molecular complexity index is 818. The minimum atomic E-state index is -0.503. The van der Waals surface area contributed by atoms with E-state index in [0.717, 1.165) is 18.0 Å². The molecule has 2 amide bonds. The van der Waals surface area contributed by atoms with Crippen molar-refractivity contribution >= 4 is 23.3 Å². The summed E-state index contributed by atoms with van der Waals surface area (Å²) >= 11 is 1.49. The molecule has 7 heteroatoms. The molecular formula is C20H23N3O3S. The topological polar surface area (TPSA) is 70.7 Å². The van der Waals surface area contributed by atoms with Crippen LogP contribution in [-0.2, 0) is 16.1 Å². The molecule has 0 radical (unpaired) electrons. The van der Waals surface area contributed by atoms with E-state index in [9.17, 15) is 9.59 Å². The Morgan fingerprint density at radius 3 is 2.59 bits per heavy atom. The number of carbonyl (C=O) groups is 2. The summed E-state index contributed by atoms with van der Waals surface area (Å²) in [4.78, 5) is 27.8. The first-order valence-corrected chi connectivity index (χ1v) is 9.69. The number of esters is 1. The third-order valence-electron chi connectivity index (χ3n) is 4.46. The van der Waals surface area contributed by atoms with Gasteiger partial charge in [0.05, 0.1) is 18.7 Å². The molecular weight excluding hydrogens is 362 g/mol. The van der Waals surface area contributed by atoms with E-state index < -0.39 is 12.0 Å². The first-order chi connectivity index (χ1) is 13.1. The van der Waals surface area contributed by atoms with Crippen LogP contribution in [0.5, 0.6) is 0 Å². The van der Waals surface area contributed by atoms with E-state index in [1.807, 2.05) is 35.7 Å². The summed E-state index contributed by atoms with van der Waals surface area (Å²) in [5.41, 5.74) is 2.21. The Morgan fingerprint density at radius 2 is 1.96 bits per heavy atom. The number of amides is 2. The molecule has 1 aliphatic rings. The normalized spacial score (nSPS) is 16.9. The van der Waals surface area contributed by atoms with Crippen LogP contribution < -0.4 is 10.6 Å². The second kappa shape index (κ2) is 8.83. The van der Waals surface area contributed by atoms with Gasteiger partial charge in [-0.1, -0.05) is 43.3 Å². The largest absolute Gasteiger partial charge is 0.466 e. The average molecular weight is 385 g/mol. The number of benzene rings is 1. The quantitative estimate of drug-likeness (QED) is 0.719. The van der Waals surface area contributed by atoms with Gasteiger partial charge in [-0.05, 0) is 23.6 Å². The first-order valence-electron chi connectivity index (χ1n) is 8.81. The van der Waals surface area contributed by atoms with Crippen molar-refractivity contribution in [2.75, 3.05) is 20.2 Å². The zero-order valence-corrected chi connectivity index (χ0v) is 16.2. The lowest BCUT2D eigenvalue weighted by molar-refractivity contribution is -0.136. The van der Waals surface area contributed by atoms with Gasteiger partial charge in [0.2, 0.25) is 0 Å². The van der Waals surface area contributed by atoms with Crippen molar-refractivity contribution in [2.24, 2.45) is 0 Å². The lowest BCUT2D eigenvalue weighted by Crippen LogP contribution is -2.48. The summed E-state index contributed by atoms with van der Waals surface area (Å²) in [6.45, 7) is 4.01. The van der Waals surface area contributed by atoms with Gasteiger partial charge in [-0.15, -0.1) is 11.3 Å². The minimum Gasteiger partial charge on any atom is -0.466 e. The van der Waals surface area contributed by atoms with Crippen molar-refractivity contribution < 1.29 is 14.3 Å². The number of hydrogen-bond acceptors (Lipinski definition) is 5. The highest BCUT2D eigenvalue weighted by atomic mass is 32.1. The maximum atomic E-state index is 12.5. The zero-order chi connectivity index (χ0) is 19.2. The maximum absolute atomic E-state index is 12.5. The van der Waals surface area contributed by atoms with Gasteiger partial charge in [-0.25, -0.2) is 9.59 Å². The van der Waals surface area contributed by atoms with Crippen molar-refractivity contribution in [3.63, 3.8) is 0 Å². The van der Waals surface area contributed by atoms with Crippen molar-refractivity contribution in [3.05, 3.63) is 69.6 Å². The van der Waals surface area contributed by atoms with E-state index in [2.05, 4.69) is 34.6 Å². The Labute approximate surface area is 162 Å². The monoisotopic (exact) mass is 385 g/mol. The first kappa shape index (κ1) is 19.1. The fourth-order valence-electron chi connectivity index (χ4n) is 3.11. The number of thiophene rings is 1. The fourth-order valence-corrected chi connectivity index (χ4v) is 3.89. The van der Waals surface area contributed by atoms with Crippen molar-refractivity contribution in [1.29, 1.82) is 0 Å². The van der Waals surface area contributed by atoms with Crippen LogP contribution in [0.1, 0.15) is 23.4 Å². The third kappa shape index (κ3) is 4.56. The van der Waals surface area contributed by atoms with Gasteiger partial charge in [0.25, 0.3) is 0 Å². The van der Waals surface area contributed by atoms with Crippen molar-refractivity contribution in [3.8, 4) is 0 Å². The summed E-state index contributed by atoms with van der Waals surface area (Å²) in [7, 11) is 1.36. The molecule has 1 atom stereocenters. The molecule has 0 unspecified atom stereocenters. The molecule has 3 rings (SSSR count). The van der Waals surface area contributed by atoms with Gasteiger partial charge in [-0.2, -0.15) is 0 Å². The van der Waals surface area contributed by atoms with Crippen molar-refractivity contribution in [2.45, 2.75) is 19.5 Å². The second-order valence-electron chi connectivity index (χ2n) is 6.22. The molecule has 0 saturated carbocycles. The molecule has 0 fully saturated rings. The molecule has 2 aromatic rings. The van der Waals surface area contributed by atoms with E-state index >= 15 is 0 Å². The summed E-state index contributed by atoms with van der Waals surface area (Å²) in [5, 5.41) is 7.58.